The van der Waals surface area contributed by atoms with E-state index in [1.165, 1.54) is 11.8 Å². The molecule has 0 aliphatic carbocycles. The van der Waals surface area contributed by atoms with Crippen LogP contribution in [0.25, 0.3) is 31.3 Å². The van der Waals surface area contributed by atoms with Gasteiger partial charge >= 0.3 is 0 Å². The molecule has 0 saturated heterocycles. The fourth-order valence-electron chi connectivity index (χ4n) is 2.64. The van der Waals surface area contributed by atoms with E-state index in [-0.39, 0.29) is 5.91 Å². The summed E-state index contributed by atoms with van der Waals surface area (Å²) in [6, 6.07) is 10.2. The third-order valence-corrected chi connectivity index (χ3v) is 6.04. The van der Waals surface area contributed by atoms with Crippen LogP contribution in [0.4, 0.5) is 0 Å². The minimum Gasteiger partial charge on any atom is -0.355 e. The van der Waals surface area contributed by atoms with E-state index in [4.69, 9.17) is 4.98 Å². The normalized spacial score (nSPS) is 11.4. The minimum atomic E-state index is 0.0311. The number of carbonyl (C=O) groups is 1. The van der Waals surface area contributed by atoms with Gasteiger partial charge in [0.05, 0.1) is 21.5 Å². The molecule has 1 aromatic carbocycles. The number of rotatable bonds is 5. The summed E-state index contributed by atoms with van der Waals surface area (Å²) in [5.74, 6) is 0.388. The Kier molecular flexibility index (Phi) is 4.50. The Morgan fingerprint density at radius 1 is 1.28 bits per heavy atom. The van der Waals surface area contributed by atoms with Crippen molar-refractivity contribution in [2.24, 2.45) is 0 Å². The third-order valence-electron chi connectivity index (χ3n) is 3.83. The van der Waals surface area contributed by atoms with E-state index in [1.807, 2.05) is 25.1 Å². The third kappa shape index (κ3) is 3.17. The van der Waals surface area contributed by atoms with Crippen LogP contribution in [0.3, 0.4) is 0 Å². The Labute approximate surface area is 152 Å². The molecule has 0 unspecified atom stereocenters. The Hall–Kier alpha value is -2.25. The standard InChI is InChI=1S/C18H16N4OS2/c1-2-7-19-14(23)9-24-18-16-15(20-10-21-18)12-8-11-5-3-4-6-13(11)22-17(12)25-16/h3-6,8,10H,2,7,9H2,1H3,(H,19,23). The molecule has 0 saturated carbocycles. The van der Waals surface area contributed by atoms with Crippen molar-refractivity contribution >= 4 is 60.3 Å². The molecule has 1 amide bonds. The van der Waals surface area contributed by atoms with Crippen LogP contribution in [0.15, 0.2) is 41.7 Å². The summed E-state index contributed by atoms with van der Waals surface area (Å²) < 4.78 is 0.994. The van der Waals surface area contributed by atoms with Gasteiger partial charge in [-0.3, -0.25) is 4.79 Å². The predicted molar refractivity (Wildman–Crippen MR) is 104 cm³/mol. The number of para-hydroxylation sites is 1. The Morgan fingerprint density at radius 3 is 3.04 bits per heavy atom. The van der Waals surface area contributed by atoms with E-state index < -0.39 is 0 Å². The highest BCUT2D eigenvalue weighted by Gasteiger charge is 2.14. The lowest BCUT2D eigenvalue weighted by molar-refractivity contribution is -0.118. The first-order valence-corrected chi connectivity index (χ1v) is 9.89. The maximum atomic E-state index is 11.9. The summed E-state index contributed by atoms with van der Waals surface area (Å²) in [7, 11) is 0. The number of aromatic nitrogens is 3. The number of benzene rings is 1. The second kappa shape index (κ2) is 6.93. The molecule has 0 bridgehead atoms. The van der Waals surface area contributed by atoms with Gasteiger partial charge in [-0.05, 0) is 18.6 Å². The molecule has 4 rings (SSSR count). The number of pyridine rings is 1. The number of fused-ring (bicyclic) bond motifs is 4. The van der Waals surface area contributed by atoms with Crippen LogP contribution in [0.5, 0.6) is 0 Å². The van der Waals surface area contributed by atoms with Crippen LogP contribution in [0, 0.1) is 0 Å². The van der Waals surface area contributed by atoms with Crippen LogP contribution in [-0.2, 0) is 4.79 Å². The summed E-state index contributed by atoms with van der Waals surface area (Å²) >= 11 is 3.03. The molecule has 4 aromatic rings. The largest absolute Gasteiger partial charge is 0.355 e. The van der Waals surface area contributed by atoms with E-state index in [1.54, 1.807) is 17.7 Å². The summed E-state index contributed by atoms with van der Waals surface area (Å²) in [6.45, 7) is 2.74. The molecule has 0 aliphatic heterocycles. The van der Waals surface area contributed by atoms with Gasteiger partial charge in [-0.25, -0.2) is 15.0 Å². The number of amides is 1. The fourth-order valence-corrected chi connectivity index (χ4v) is 4.66. The second-order valence-corrected chi connectivity index (χ2v) is 7.59. The maximum Gasteiger partial charge on any atom is 0.230 e. The molecule has 3 aromatic heterocycles. The molecule has 0 spiro atoms. The van der Waals surface area contributed by atoms with Crippen molar-refractivity contribution in [2.75, 3.05) is 12.3 Å². The quantitative estimate of drug-likeness (QED) is 0.426. The molecule has 0 fully saturated rings. The molecule has 25 heavy (non-hydrogen) atoms. The highest BCUT2D eigenvalue weighted by Crippen LogP contribution is 2.37. The summed E-state index contributed by atoms with van der Waals surface area (Å²) in [5.41, 5.74) is 1.88. The molecule has 0 atom stereocenters. The van der Waals surface area contributed by atoms with Gasteiger partial charge < -0.3 is 5.32 Å². The first-order valence-electron chi connectivity index (χ1n) is 8.08. The van der Waals surface area contributed by atoms with Gasteiger partial charge in [0.25, 0.3) is 0 Å². The highest BCUT2D eigenvalue weighted by molar-refractivity contribution is 8.00. The lowest BCUT2D eigenvalue weighted by Gasteiger charge is -2.03. The summed E-state index contributed by atoms with van der Waals surface area (Å²) in [6.07, 6.45) is 2.50. The lowest BCUT2D eigenvalue weighted by Crippen LogP contribution is -2.25. The van der Waals surface area contributed by atoms with Gasteiger partial charge in [-0.2, -0.15) is 0 Å². The van der Waals surface area contributed by atoms with Crippen molar-refractivity contribution in [2.45, 2.75) is 18.4 Å². The topological polar surface area (TPSA) is 67.8 Å². The van der Waals surface area contributed by atoms with Crippen LogP contribution in [-0.4, -0.2) is 33.2 Å². The van der Waals surface area contributed by atoms with Crippen LogP contribution < -0.4 is 5.32 Å². The monoisotopic (exact) mass is 368 g/mol. The molecular formula is C18H16N4OS2. The summed E-state index contributed by atoms with van der Waals surface area (Å²) in [5, 5.41) is 5.86. The molecule has 0 aliphatic rings. The first-order chi connectivity index (χ1) is 12.3. The number of thioether (sulfide) groups is 1. The van der Waals surface area contributed by atoms with Crippen molar-refractivity contribution in [3.63, 3.8) is 0 Å². The minimum absolute atomic E-state index is 0.0311. The van der Waals surface area contributed by atoms with Crippen LogP contribution >= 0.6 is 23.1 Å². The number of hydrogen-bond acceptors (Lipinski definition) is 6. The second-order valence-electron chi connectivity index (χ2n) is 5.63. The molecule has 5 nitrogen and oxygen atoms in total. The van der Waals surface area contributed by atoms with Gasteiger partial charge in [0, 0.05) is 17.3 Å². The van der Waals surface area contributed by atoms with Crippen molar-refractivity contribution < 1.29 is 4.79 Å². The lowest BCUT2D eigenvalue weighted by atomic mass is 10.2. The van der Waals surface area contributed by atoms with Crippen LogP contribution in [0.1, 0.15) is 13.3 Å². The van der Waals surface area contributed by atoms with E-state index in [0.717, 1.165) is 42.8 Å². The van der Waals surface area contributed by atoms with Crippen molar-refractivity contribution in [3.05, 3.63) is 36.7 Å². The van der Waals surface area contributed by atoms with Gasteiger partial charge in [0.2, 0.25) is 5.91 Å². The maximum absolute atomic E-state index is 11.9. The first kappa shape index (κ1) is 16.2. The molecule has 1 N–H and O–H groups in total. The number of nitrogens with one attached hydrogen (secondary N) is 1. The Balaban J connectivity index is 1.73. The number of carbonyl (C=O) groups excluding carboxylic acids is 1. The number of hydrogen-bond donors (Lipinski definition) is 1. The average molecular weight is 368 g/mol. The van der Waals surface area contributed by atoms with Gasteiger partial charge in [-0.1, -0.05) is 36.9 Å². The SMILES string of the molecule is CCCNC(=O)CSc1ncnc2c1sc1nc3ccccc3cc12. The summed E-state index contributed by atoms with van der Waals surface area (Å²) in [4.78, 5) is 26.4. The molecule has 3 heterocycles. The fraction of sp³-hybridized carbons (Fsp3) is 0.222. The Morgan fingerprint density at radius 2 is 2.16 bits per heavy atom. The van der Waals surface area contributed by atoms with E-state index >= 15 is 0 Å². The van der Waals surface area contributed by atoms with Gasteiger partial charge in [-0.15, -0.1) is 11.3 Å². The average Bonchev–Trinajstić information content (AvgIpc) is 3.00. The predicted octanol–water partition coefficient (Wildman–Crippen LogP) is 4.01. The van der Waals surface area contributed by atoms with Crippen LogP contribution in [0.2, 0.25) is 0 Å². The zero-order chi connectivity index (χ0) is 17.2. The smallest absolute Gasteiger partial charge is 0.230 e. The molecule has 0 radical (unpaired) electrons. The number of thiophene rings is 1. The van der Waals surface area contributed by atoms with Gasteiger partial charge in [0.15, 0.2) is 0 Å². The van der Waals surface area contributed by atoms with E-state index in [0.29, 0.717) is 12.3 Å². The van der Waals surface area contributed by atoms with Crippen molar-refractivity contribution in [1.82, 2.24) is 20.3 Å². The molecular weight excluding hydrogens is 352 g/mol. The van der Waals surface area contributed by atoms with E-state index in [2.05, 4.69) is 27.4 Å². The van der Waals surface area contributed by atoms with E-state index in [9.17, 15) is 4.79 Å². The van der Waals surface area contributed by atoms with Gasteiger partial charge in [0.1, 0.15) is 16.2 Å². The zero-order valence-corrected chi connectivity index (χ0v) is 15.3. The van der Waals surface area contributed by atoms with Crippen molar-refractivity contribution in [3.8, 4) is 0 Å². The highest BCUT2D eigenvalue weighted by atomic mass is 32.2. The number of nitrogens with zero attached hydrogens (tertiary/aromatic N) is 3. The molecule has 126 valence electrons. The van der Waals surface area contributed by atoms with Crippen molar-refractivity contribution in [1.29, 1.82) is 0 Å². The zero-order valence-electron chi connectivity index (χ0n) is 13.7. The Bertz CT molecular complexity index is 1080. The molecule has 7 heteroatoms.